The minimum atomic E-state index is -0.206. The number of hydrogen-bond donors (Lipinski definition) is 1. The van der Waals surface area contributed by atoms with Crippen LogP contribution in [-0.2, 0) is 0 Å². The number of aryl methyl sites for hydroxylation is 2. The Morgan fingerprint density at radius 1 is 1.27 bits per heavy atom. The lowest BCUT2D eigenvalue weighted by molar-refractivity contribution is 0.102. The molecule has 3 rings (SSSR count). The van der Waals surface area contributed by atoms with Gasteiger partial charge in [-0.25, -0.2) is 4.98 Å². The Morgan fingerprint density at radius 2 is 2.05 bits per heavy atom. The molecule has 0 fully saturated rings. The van der Waals surface area contributed by atoms with E-state index in [0.29, 0.717) is 22.2 Å². The summed E-state index contributed by atoms with van der Waals surface area (Å²) < 4.78 is 1.60. The SMILES string of the molecule is CSc1nc2ncc(C(=O)Nc3ccccc3C)c(C)n2n1. The Kier molecular flexibility index (Phi) is 3.81. The van der Waals surface area contributed by atoms with Gasteiger partial charge in [0.15, 0.2) is 0 Å². The number of hydrogen-bond acceptors (Lipinski definition) is 5. The van der Waals surface area contributed by atoms with E-state index in [1.54, 1.807) is 4.52 Å². The van der Waals surface area contributed by atoms with Crippen molar-refractivity contribution in [3.05, 3.63) is 47.3 Å². The highest BCUT2D eigenvalue weighted by atomic mass is 32.2. The number of anilines is 1. The summed E-state index contributed by atoms with van der Waals surface area (Å²) in [6.45, 7) is 3.78. The van der Waals surface area contributed by atoms with Crippen LogP contribution >= 0.6 is 11.8 Å². The van der Waals surface area contributed by atoms with Gasteiger partial charge < -0.3 is 5.32 Å². The molecule has 0 radical (unpaired) electrons. The summed E-state index contributed by atoms with van der Waals surface area (Å²) in [5.41, 5.74) is 2.99. The van der Waals surface area contributed by atoms with Crippen molar-refractivity contribution in [3.63, 3.8) is 0 Å². The van der Waals surface area contributed by atoms with E-state index < -0.39 is 0 Å². The van der Waals surface area contributed by atoms with E-state index in [9.17, 15) is 4.79 Å². The second kappa shape index (κ2) is 5.76. The number of para-hydroxylation sites is 1. The molecular weight excluding hydrogens is 298 g/mol. The van der Waals surface area contributed by atoms with Crippen LogP contribution in [0.2, 0.25) is 0 Å². The Labute approximate surface area is 132 Å². The molecular formula is C15H15N5OS. The normalized spacial score (nSPS) is 10.9. The summed E-state index contributed by atoms with van der Waals surface area (Å²) >= 11 is 1.44. The molecule has 0 unspecified atom stereocenters. The Hall–Kier alpha value is -2.41. The number of rotatable bonds is 3. The summed E-state index contributed by atoms with van der Waals surface area (Å²) in [5, 5.41) is 7.86. The van der Waals surface area contributed by atoms with Crippen molar-refractivity contribution in [2.75, 3.05) is 11.6 Å². The molecule has 7 heteroatoms. The largest absolute Gasteiger partial charge is 0.322 e. The van der Waals surface area contributed by atoms with Crippen LogP contribution in [0.15, 0.2) is 35.6 Å². The van der Waals surface area contributed by atoms with Crippen molar-refractivity contribution >= 4 is 29.1 Å². The molecule has 112 valence electrons. The average molecular weight is 313 g/mol. The summed E-state index contributed by atoms with van der Waals surface area (Å²) in [5.74, 6) is 0.289. The lowest BCUT2D eigenvalue weighted by Gasteiger charge is -2.09. The third-order valence-electron chi connectivity index (χ3n) is 3.41. The molecule has 1 aromatic carbocycles. The molecule has 0 aliphatic carbocycles. The fourth-order valence-corrected chi connectivity index (χ4v) is 2.47. The third kappa shape index (κ3) is 2.55. The van der Waals surface area contributed by atoms with Crippen LogP contribution in [0, 0.1) is 13.8 Å². The van der Waals surface area contributed by atoms with Gasteiger partial charge in [0.25, 0.3) is 11.7 Å². The minimum absolute atomic E-state index is 0.206. The van der Waals surface area contributed by atoms with Gasteiger partial charge in [0, 0.05) is 11.9 Å². The maximum atomic E-state index is 12.5. The number of carbonyl (C=O) groups excluding carboxylic acids is 1. The van der Waals surface area contributed by atoms with Crippen molar-refractivity contribution in [3.8, 4) is 0 Å². The van der Waals surface area contributed by atoms with Gasteiger partial charge in [-0.2, -0.15) is 9.50 Å². The molecule has 0 saturated heterocycles. The number of aromatic nitrogens is 4. The molecule has 0 spiro atoms. The van der Waals surface area contributed by atoms with Crippen LogP contribution in [0.25, 0.3) is 5.78 Å². The average Bonchev–Trinajstić information content (AvgIpc) is 2.94. The first kappa shape index (κ1) is 14.5. The van der Waals surface area contributed by atoms with Gasteiger partial charge in [-0.3, -0.25) is 4.79 Å². The van der Waals surface area contributed by atoms with E-state index in [1.807, 2.05) is 44.4 Å². The summed E-state index contributed by atoms with van der Waals surface area (Å²) in [6.07, 6.45) is 3.44. The zero-order valence-corrected chi connectivity index (χ0v) is 13.3. The molecule has 22 heavy (non-hydrogen) atoms. The first-order valence-electron chi connectivity index (χ1n) is 6.73. The van der Waals surface area contributed by atoms with Crippen LogP contribution < -0.4 is 5.32 Å². The van der Waals surface area contributed by atoms with Gasteiger partial charge in [-0.05, 0) is 31.7 Å². The van der Waals surface area contributed by atoms with E-state index in [2.05, 4.69) is 20.4 Å². The van der Waals surface area contributed by atoms with E-state index in [1.165, 1.54) is 18.0 Å². The number of amides is 1. The van der Waals surface area contributed by atoms with E-state index in [4.69, 9.17) is 0 Å². The number of fused-ring (bicyclic) bond motifs is 1. The van der Waals surface area contributed by atoms with Gasteiger partial charge in [0.05, 0.1) is 11.3 Å². The molecule has 0 saturated carbocycles. The van der Waals surface area contributed by atoms with E-state index >= 15 is 0 Å². The van der Waals surface area contributed by atoms with Crippen molar-refractivity contribution in [2.24, 2.45) is 0 Å². The Morgan fingerprint density at radius 3 is 2.77 bits per heavy atom. The van der Waals surface area contributed by atoms with E-state index in [0.717, 1.165) is 11.3 Å². The fourth-order valence-electron chi connectivity index (χ4n) is 2.14. The Bertz CT molecular complexity index is 858. The summed E-state index contributed by atoms with van der Waals surface area (Å²) in [6, 6.07) is 7.64. The predicted molar refractivity (Wildman–Crippen MR) is 86.4 cm³/mol. The molecule has 0 bridgehead atoms. The molecule has 0 atom stereocenters. The number of thioether (sulfide) groups is 1. The first-order valence-corrected chi connectivity index (χ1v) is 7.96. The van der Waals surface area contributed by atoms with Crippen molar-refractivity contribution in [1.29, 1.82) is 0 Å². The highest BCUT2D eigenvalue weighted by molar-refractivity contribution is 7.98. The van der Waals surface area contributed by atoms with Crippen LogP contribution in [0.4, 0.5) is 5.69 Å². The second-order valence-corrected chi connectivity index (χ2v) is 5.61. The van der Waals surface area contributed by atoms with Gasteiger partial charge in [-0.15, -0.1) is 5.10 Å². The molecule has 6 nitrogen and oxygen atoms in total. The van der Waals surface area contributed by atoms with Crippen molar-refractivity contribution in [2.45, 2.75) is 19.0 Å². The number of benzene rings is 1. The highest BCUT2D eigenvalue weighted by Crippen LogP contribution is 2.17. The standard InChI is InChI=1S/C15H15N5OS/c1-9-6-4-5-7-12(9)17-13(21)11-8-16-14-18-15(22-3)19-20(14)10(11)2/h4-8H,1-3H3,(H,17,21). The van der Waals surface area contributed by atoms with Crippen LogP contribution in [-0.4, -0.2) is 31.7 Å². The topological polar surface area (TPSA) is 72.2 Å². The smallest absolute Gasteiger partial charge is 0.259 e. The van der Waals surface area contributed by atoms with Crippen LogP contribution in [0.5, 0.6) is 0 Å². The monoisotopic (exact) mass is 313 g/mol. The maximum absolute atomic E-state index is 12.5. The maximum Gasteiger partial charge on any atom is 0.259 e. The number of carbonyl (C=O) groups is 1. The molecule has 0 aliphatic heterocycles. The number of nitrogens with one attached hydrogen (secondary N) is 1. The predicted octanol–water partition coefficient (Wildman–Crippen LogP) is 2.72. The van der Waals surface area contributed by atoms with Gasteiger partial charge in [0.2, 0.25) is 5.16 Å². The Balaban J connectivity index is 1.97. The van der Waals surface area contributed by atoms with E-state index in [-0.39, 0.29) is 5.91 Å². The van der Waals surface area contributed by atoms with Gasteiger partial charge >= 0.3 is 0 Å². The van der Waals surface area contributed by atoms with Crippen LogP contribution in [0.1, 0.15) is 21.6 Å². The van der Waals surface area contributed by atoms with Crippen molar-refractivity contribution < 1.29 is 4.79 Å². The van der Waals surface area contributed by atoms with Gasteiger partial charge in [-0.1, -0.05) is 30.0 Å². The lowest BCUT2D eigenvalue weighted by atomic mass is 10.2. The zero-order chi connectivity index (χ0) is 15.7. The minimum Gasteiger partial charge on any atom is -0.322 e. The highest BCUT2D eigenvalue weighted by Gasteiger charge is 2.15. The second-order valence-electron chi connectivity index (χ2n) is 4.84. The first-order chi connectivity index (χ1) is 10.6. The molecule has 3 aromatic rings. The third-order valence-corrected chi connectivity index (χ3v) is 3.95. The van der Waals surface area contributed by atoms with Crippen molar-refractivity contribution in [1.82, 2.24) is 19.6 Å². The fraction of sp³-hybridized carbons (Fsp3) is 0.200. The van der Waals surface area contributed by atoms with Crippen LogP contribution in [0.3, 0.4) is 0 Å². The zero-order valence-electron chi connectivity index (χ0n) is 12.5. The molecule has 2 heterocycles. The summed E-state index contributed by atoms with van der Waals surface area (Å²) in [7, 11) is 0. The summed E-state index contributed by atoms with van der Waals surface area (Å²) in [4.78, 5) is 21.0. The number of nitrogens with zero attached hydrogens (tertiary/aromatic N) is 4. The van der Waals surface area contributed by atoms with Gasteiger partial charge in [0.1, 0.15) is 0 Å². The molecule has 2 aromatic heterocycles. The molecule has 0 aliphatic rings. The quantitative estimate of drug-likeness (QED) is 0.753. The molecule has 1 amide bonds. The lowest BCUT2D eigenvalue weighted by Crippen LogP contribution is -2.16. The molecule has 1 N–H and O–H groups in total.